The van der Waals surface area contributed by atoms with Crippen molar-refractivity contribution < 1.29 is 18.7 Å². The fourth-order valence-corrected chi connectivity index (χ4v) is 3.26. The number of nitrogens with one attached hydrogen (secondary N) is 1. The first-order valence-electron chi connectivity index (χ1n) is 8.72. The van der Waals surface area contributed by atoms with Crippen molar-refractivity contribution in [3.05, 3.63) is 63.3 Å². The van der Waals surface area contributed by atoms with Crippen LogP contribution < -0.4 is 10.1 Å². The Hall–Kier alpha value is -2.12. The summed E-state index contributed by atoms with van der Waals surface area (Å²) in [5.41, 5.74) is 0.314. The van der Waals surface area contributed by atoms with Crippen LogP contribution in [0.1, 0.15) is 19.4 Å². The van der Waals surface area contributed by atoms with Gasteiger partial charge in [0.2, 0.25) is 5.91 Å². The lowest BCUT2D eigenvalue weighted by molar-refractivity contribution is -0.142. The van der Waals surface area contributed by atoms with Crippen LogP contribution in [-0.2, 0) is 16.1 Å². The van der Waals surface area contributed by atoms with Gasteiger partial charge < -0.3 is 15.0 Å². The van der Waals surface area contributed by atoms with Crippen molar-refractivity contribution in [3.63, 3.8) is 0 Å². The van der Waals surface area contributed by atoms with Gasteiger partial charge in [-0.1, -0.05) is 45.7 Å². The molecule has 0 heterocycles. The number of halogens is 3. The molecule has 2 aromatic rings. The molecule has 5 nitrogen and oxygen atoms in total. The Morgan fingerprint density at radius 2 is 2.00 bits per heavy atom. The second-order valence-corrected chi connectivity index (χ2v) is 7.37. The van der Waals surface area contributed by atoms with Crippen molar-refractivity contribution in [2.75, 3.05) is 13.2 Å². The molecule has 0 bridgehead atoms. The van der Waals surface area contributed by atoms with E-state index in [4.69, 9.17) is 16.3 Å². The number of likely N-dealkylation sites (N-methyl/N-ethyl adjacent to an activating group) is 1. The van der Waals surface area contributed by atoms with E-state index in [9.17, 15) is 14.0 Å². The Bertz CT molecular complexity index is 850. The first-order chi connectivity index (χ1) is 13.3. The van der Waals surface area contributed by atoms with Crippen molar-refractivity contribution >= 4 is 39.3 Å². The van der Waals surface area contributed by atoms with E-state index in [1.54, 1.807) is 50.2 Å². The van der Waals surface area contributed by atoms with Gasteiger partial charge in [0.1, 0.15) is 17.6 Å². The number of benzene rings is 2. The van der Waals surface area contributed by atoms with Crippen molar-refractivity contribution in [1.29, 1.82) is 0 Å². The summed E-state index contributed by atoms with van der Waals surface area (Å²) in [6.07, 6.45) is 0. The van der Waals surface area contributed by atoms with Crippen LogP contribution in [0.15, 0.2) is 46.9 Å². The zero-order valence-corrected chi connectivity index (χ0v) is 17.9. The molecular weight excluding hydrogens is 451 g/mol. The molecular formula is C20H21BrClFN2O3. The molecule has 1 atom stereocenters. The van der Waals surface area contributed by atoms with Crippen molar-refractivity contribution in [2.24, 2.45) is 0 Å². The van der Waals surface area contributed by atoms with Crippen LogP contribution in [0, 0.1) is 5.82 Å². The molecule has 0 aromatic heterocycles. The number of hydrogen-bond donors (Lipinski definition) is 1. The molecule has 0 saturated carbocycles. The zero-order valence-electron chi connectivity index (χ0n) is 15.5. The van der Waals surface area contributed by atoms with Gasteiger partial charge in [0.05, 0.1) is 5.02 Å². The lowest BCUT2D eigenvalue weighted by Crippen LogP contribution is -2.49. The van der Waals surface area contributed by atoms with Crippen molar-refractivity contribution in [3.8, 4) is 5.75 Å². The van der Waals surface area contributed by atoms with E-state index >= 15 is 0 Å². The third-order valence-corrected chi connectivity index (χ3v) is 4.85. The molecule has 0 aliphatic heterocycles. The number of ether oxygens (including phenoxy) is 1. The van der Waals surface area contributed by atoms with Crippen LogP contribution in [0.5, 0.6) is 5.75 Å². The largest absolute Gasteiger partial charge is 0.482 e. The van der Waals surface area contributed by atoms with Gasteiger partial charge in [-0.25, -0.2) is 4.39 Å². The SMILES string of the molecule is CCNC(=O)C(C)N(Cc1ccccc1F)C(=O)COc1ccc(Br)cc1Cl. The van der Waals surface area contributed by atoms with Crippen molar-refractivity contribution in [2.45, 2.75) is 26.4 Å². The van der Waals surface area contributed by atoms with E-state index in [2.05, 4.69) is 21.2 Å². The molecule has 0 aliphatic rings. The molecule has 28 heavy (non-hydrogen) atoms. The lowest BCUT2D eigenvalue weighted by atomic mass is 10.1. The average molecular weight is 472 g/mol. The summed E-state index contributed by atoms with van der Waals surface area (Å²) >= 11 is 9.40. The first-order valence-corrected chi connectivity index (χ1v) is 9.89. The Kier molecular flexibility index (Phi) is 8.26. The van der Waals surface area contributed by atoms with Crippen LogP contribution in [-0.4, -0.2) is 35.9 Å². The van der Waals surface area contributed by atoms with Gasteiger partial charge in [0.25, 0.3) is 5.91 Å². The number of nitrogens with zero attached hydrogens (tertiary/aromatic N) is 1. The highest BCUT2D eigenvalue weighted by Crippen LogP contribution is 2.27. The number of hydrogen-bond acceptors (Lipinski definition) is 3. The van der Waals surface area contributed by atoms with Crippen LogP contribution >= 0.6 is 27.5 Å². The van der Waals surface area contributed by atoms with E-state index < -0.39 is 17.8 Å². The summed E-state index contributed by atoms with van der Waals surface area (Å²) in [6, 6.07) is 10.4. The van der Waals surface area contributed by atoms with Gasteiger partial charge >= 0.3 is 0 Å². The highest BCUT2D eigenvalue weighted by Gasteiger charge is 2.27. The molecule has 8 heteroatoms. The maximum absolute atomic E-state index is 14.1. The Labute approximate surface area is 176 Å². The lowest BCUT2D eigenvalue weighted by Gasteiger charge is -2.28. The summed E-state index contributed by atoms with van der Waals surface area (Å²) in [5, 5.41) is 3.02. The van der Waals surface area contributed by atoms with E-state index in [-0.39, 0.29) is 19.1 Å². The third-order valence-electron chi connectivity index (χ3n) is 4.06. The van der Waals surface area contributed by atoms with E-state index in [0.717, 1.165) is 4.47 Å². The second-order valence-electron chi connectivity index (χ2n) is 6.05. The quantitative estimate of drug-likeness (QED) is 0.628. The Morgan fingerprint density at radius 3 is 2.64 bits per heavy atom. The van der Waals surface area contributed by atoms with Gasteiger partial charge in [0.15, 0.2) is 6.61 Å². The molecule has 1 unspecified atom stereocenters. The first kappa shape index (κ1) is 22.2. The normalized spacial score (nSPS) is 11.6. The predicted molar refractivity (Wildman–Crippen MR) is 110 cm³/mol. The number of amides is 2. The van der Waals surface area contributed by atoms with Crippen molar-refractivity contribution in [1.82, 2.24) is 10.2 Å². The molecule has 0 radical (unpaired) electrons. The number of carbonyl (C=O) groups excluding carboxylic acids is 2. The monoisotopic (exact) mass is 470 g/mol. The topological polar surface area (TPSA) is 58.6 Å². The molecule has 2 rings (SSSR count). The maximum Gasteiger partial charge on any atom is 0.261 e. The van der Waals surface area contributed by atoms with E-state index in [0.29, 0.717) is 22.9 Å². The maximum atomic E-state index is 14.1. The molecule has 0 saturated heterocycles. The third kappa shape index (κ3) is 5.94. The number of carbonyl (C=O) groups is 2. The molecule has 150 valence electrons. The molecule has 0 spiro atoms. The average Bonchev–Trinajstić information content (AvgIpc) is 2.66. The van der Waals surface area contributed by atoms with Gasteiger partial charge in [-0.2, -0.15) is 0 Å². The van der Waals surface area contributed by atoms with Gasteiger partial charge in [-0.15, -0.1) is 0 Å². The summed E-state index contributed by atoms with van der Waals surface area (Å²) in [6.45, 7) is 3.42. The van der Waals surface area contributed by atoms with E-state index in [1.165, 1.54) is 11.0 Å². The molecule has 2 amide bonds. The molecule has 2 aromatic carbocycles. The minimum atomic E-state index is -0.795. The molecule has 1 N–H and O–H groups in total. The highest BCUT2D eigenvalue weighted by molar-refractivity contribution is 9.10. The smallest absolute Gasteiger partial charge is 0.261 e. The number of rotatable bonds is 8. The second kappa shape index (κ2) is 10.4. The van der Waals surface area contributed by atoms with Crippen LogP contribution in [0.3, 0.4) is 0 Å². The zero-order chi connectivity index (χ0) is 20.7. The van der Waals surface area contributed by atoms with Gasteiger partial charge in [0, 0.05) is 23.1 Å². The van der Waals surface area contributed by atoms with Crippen LogP contribution in [0.25, 0.3) is 0 Å². The molecule has 0 fully saturated rings. The fourth-order valence-electron chi connectivity index (χ4n) is 2.53. The van der Waals surface area contributed by atoms with Gasteiger partial charge in [-0.05, 0) is 38.1 Å². The predicted octanol–water partition coefficient (Wildman–Crippen LogP) is 4.17. The fraction of sp³-hybridized carbons (Fsp3) is 0.300. The van der Waals surface area contributed by atoms with E-state index in [1.807, 2.05) is 0 Å². The minimum Gasteiger partial charge on any atom is -0.482 e. The standard InChI is InChI=1S/C20H21BrClFN2O3/c1-3-24-20(27)13(2)25(11-14-6-4-5-7-17(14)23)19(26)12-28-18-9-8-15(21)10-16(18)22/h4-10,13H,3,11-12H2,1-2H3,(H,24,27). The minimum absolute atomic E-state index is 0.0543. The van der Waals surface area contributed by atoms with Gasteiger partial charge in [-0.3, -0.25) is 9.59 Å². The molecule has 0 aliphatic carbocycles. The highest BCUT2D eigenvalue weighted by atomic mass is 79.9. The summed E-state index contributed by atoms with van der Waals surface area (Å²) in [5.74, 6) is -0.884. The summed E-state index contributed by atoms with van der Waals surface area (Å²) in [7, 11) is 0. The summed E-state index contributed by atoms with van der Waals surface area (Å²) in [4.78, 5) is 26.4. The Morgan fingerprint density at radius 1 is 1.29 bits per heavy atom. The summed E-state index contributed by atoms with van der Waals surface area (Å²) < 4.78 is 20.4. The Balaban J connectivity index is 2.18. The van der Waals surface area contributed by atoms with Crippen LogP contribution in [0.4, 0.5) is 4.39 Å². The van der Waals surface area contributed by atoms with Crippen LogP contribution in [0.2, 0.25) is 5.02 Å².